The number of rotatable bonds is 3. The van der Waals surface area contributed by atoms with Gasteiger partial charge >= 0.3 is 0 Å². The Labute approximate surface area is 132 Å². The minimum atomic E-state index is -0.196. The van der Waals surface area contributed by atoms with Crippen LogP contribution in [0.4, 0.5) is 11.4 Å². The Hall–Kier alpha value is -2.01. The molecule has 1 amide bonds. The zero-order chi connectivity index (χ0) is 15.6. The predicted octanol–water partition coefficient (Wildman–Crippen LogP) is 3.91. The van der Waals surface area contributed by atoms with Gasteiger partial charge in [-0.15, -0.1) is 0 Å². The number of amides is 1. The van der Waals surface area contributed by atoms with Gasteiger partial charge in [0.2, 0.25) is 0 Å². The first kappa shape index (κ1) is 15.4. The van der Waals surface area contributed by atoms with Crippen molar-refractivity contribution in [3.05, 3.63) is 51.5 Å². The Morgan fingerprint density at radius 2 is 1.81 bits per heavy atom. The molecule has 2 aromatic carbocycles. The van der Waals surface area contributed by atoms with Crippen molar-refractivity contribution in [2.45, 2.75) is 13.8 Å². The number of carbonyl (C=O) groups is 1. The van der Waals surface area contributed by atoms with E-state index in [4.69, 9.17) is 10.5 Å². The first-order valence-electron chi connectivity index (χ1n) is 6.44. The topological polar surface area (TPSA) is 64.3 Å². The molecule has 0 aliphatic heterocycles. The zero-order valence-electron chi connectivity index (χ0n) is 12.2. The quantitative estimate of drug-likeness (QED) is 0.826. The molecule has 0 spiro atoms. The summed E-state index contributed by atoms with van der Waals surface area (Å²) in [6.45, 7) is 3.91. The molecular weight excluding hydrogens is 332 g/mol. The highest BCUT2D eigenvalue weighted by Crippen LogP contribution is 2.27. The van der Waals surface area contributed by atoms with Crippen LogP contribution in [0.3, 0.4) is 0 Å². The van der Waals surface area contributed by atoms with E-state index < -0.39 is 0 Å². The first-order chi connectivity index (χ1) is 9.92. The van der Waals surface area contributed by atoms with Crippen LogP contribution in [0.15, 0.2) is 34.8 Å². The number of ether oxygens (including phenoxy) is 1. The van der Waals surface area contributed by atoms with Gasteiger partial charge in [0, 0.05) is 15.7 Å². The lowest BCUT2D eigenvalue weighted by molar-refractivity contribution is 0.102. The molecular formula is C16H17BrN2O2. The molecule has 0 radical (unpaired) electrons. The van der Waals surface area contributed by atoms with E-state index in [0.29, 0.717) is 17.0 Å². The van der Waals surface area contributed by atoms with Gasteiger partial charge in [-0.3, -0.25) is 4.79 Å². The summed E-state index contributed by atoms with van der Waals surface area (Å²) in [6.07, 6.45) is 0. The molecule has 2 rings (SSSR count). The van der Waals surface area contributed by atoms with E-state index in [1.165, 1.54) is 0 Å². The van der Waals surface area contributed by atoms with E-state index >= 15 is 0 Å². The van der Waals surface area contributed by atoms with E-state index in [1.54, 1.807) is 25.3 Å². The Kier molecular flexibility index (Phi) is 4.53. The molecule has 0 heterocycles. The molecule has 0 saturated carbocycles. The van der Waals surface area contributed by atoms with Gasteiger partial charge in [0.25, 0.3) is 5.91 Å². The molecule has 0 fully saturated rings. The third-order valence-corrected chi connectivity index (χ3v) is 3.69. The second-order valence-corrected chi connectivity index (χ2v) is 5.74. The second kappa shape index (κ2) is 6.18. The Bertz CT molecular complexity index is 676. The van der Waals surface area contributed by atoms with Crippen molar-refractivity contribution in [2.75, 3.05) is 18.2 Å². The lowest BCUT2D eigenvalue weighted by Gasteiger charge is -2.13. The monoisotopic (exact) mass is 348 g/mol. The van der Waals surface area contributed by atoms with Crippen molar-refractivity contribution in [3.63, 3.8) is 0 Å². The Morgan fingerprint density at radius 3 is 2.33 bits per heavy atom. The van der Waals surface area contributed by atoms with Crippen LogP contribution < -0.4 is 15.8 Å². The van der Waals surface area contributed by atoms with Gasteiger partial charge in [0.15, 0.2) is 0 Å². The first-order valence-corrected chi connectivity index (χ1v) is 7.23. The normalized spacial score (nSPS) is 10.3. The number of anilines is 2. The molecule has 0 unspecified atom stereocenters. The lowest BCUT2D eigenvalue weighted by atomic mass is 10.1. The molecule has 21 heavy (non-hydrogen) atoms. The van der Waals surface area contributed by atoms with E-state index in [2.05, 4.69) is 21.2 Å². The Morgan fingerprint density at radius 1 is 1.19 bits per heavy atom. The number of hydrogen-bond acceptors (Lipinski definition) is 3. The van der Waals surface area contributed by atoms with Crippen LogP contribution in [-0.2, 0) is 0 Å². The van der Waals surface area contributed by atoms with Crippen molar-refractivity contribution in [3.8, 4) is 5.75 Å². The number of hydrogen-bond donors (Lipinski definition) is 2. The fraction of sp³-hybridized carbons (Fsp3) is 0.188. The average molecular weight is 349 g/mol. The van der Waals surface area contributed by atoms with Crippen molar-refractivity contribution >= 4 is 33.2 Å². The summed E-state index contributed by atoms with van der Waals surface area (Å²) in [6, 6.07) is 8.91. The van der Waals surface area contributed by atoms with Crippen LogP contribution in [0.25, 0.3) is 0 Å². The fourth-order valence-corrected chi connectivity index (χ4v) is 2.86. The number of benzene rings is 2. The molecule has 0 aromatic heterocycles. The standard InChI is InChI=1S/C16H17BrN2O2/c1-9-6-12(17)7-10(2)15(9)19-16(20)11-4-5-14(21-3)13(18)8-11/h4-8H,18H2,1-3H3,(H,19,20). The Balaban J connectivity index is 2.28. The molecule has 0 atom stereocenters. The second-order valence-electron chi connectivity index (χ2n) is 4.83. The molecule has 0 aliphatic rings. The predicted molar refractivity (Wildman–Crippen MR) is 89.0 cm³/mol. The number of carbonyl (C=O) groups excluding carboxylic acids is 1. The van der Waals surface area contributed by atoms with Crippen LogP contribution in [0.2, 0.25) is 0 Å². The molecule has 4 nitrogen and oxygen atoms in total. The molecule has 0 bridgehead atoms. The summed E-state index contributed by atoms with van der Waals surface area (Å²) in [7, 11) is 1.54. The van der Waals surface area contributed by atoms with Crippen molar-refractivity contribution in [1.29, 1.82) is 0 Å². The maximum atomic E-state index is 12.3. The van der Waals surface area contributed by atoms with Gasteiger partial charge in [-0.05, 0) is 55.3 Å². The summed E-state index contributed by atoms with van der Waals surface area (Å²) in [5.41, 5.74) is 9.58. The number of nitrogens with one attached hydrogen (secondary N) is 1. The van der Waals surface area contributed by atoms with Gasteiger partial charge < -0.3 is 15.8 Å². The number of nitrogens with two attached hydrogens (primary N) is 1. The summed E-state index contributed by atoms with van der Waals surface area (Å²) in [5, 5.41) is 2.93. The summed E-state index contributed by atoms with van der Waals surface area (Å²) in [5.74, 6) is 0.362. The van der Waals surface area contributed by atoms with Crippen molar-refractivity contribution in [2.24, 2.45) is 0 Å². The van der Waals surface area contributed by atoms with Gasteiger partial charge in [0.05, 0.1) is 12.8 Å². The fourth-order valence-electron chi connectivity index (χ4n) is 2.17. The molecule has 5 heteroatoms. The maximum Gasteiger partial charge on any atom is 0.255 e. The highest BCUT2D eigenvalue weighted by molar-refractivity contribution is 9.10. The SMILES string of the molecule is COc1ccc(C(=O)Nc2c(C)cc(Br)cc2C)cc1N. The zero-order valence-corrected chi connectivity index (χ0v) is 13.7. The van der Waals surface area contributed by atoms with E-state index in [1.807, 2.05) is 26.0 Å². The third-order valence-electron chi connectivity index (χ3n) is 3.23. The minimum absolute atomic E-state index is 0.196. The van der Waals surface area contributed by atoms with Gasteiger partial charge in [-0.25, -0.2) is 0 Å². The van der Waals surface area contributed by atoms with E-state index in [0.717, 1.165) is 21.3 Å². The number of aryl methyl sites for hydroxylation is 2. The largest absolute Gasteiger partial charge is 0.495 e. The molecule has 110 valence electrons. The van der Waals surface area contributed by atoms with Crippen LogP contribution in [0.5, 0.6) is 5.75 Å². The lowest BCUT2D eigenvalue weighted by Crippen LogP contribution is -2.14. The minimum Gasteiger partial charge on any atom is -0.495 e. The summed E-state index contributed by atoms with van der Waals surface area (Å²) in [4.78, 5) is 12.3. The maximum absolute atomic E-state index is 12.3. The number of methoxy groups -OCH3 is 1. The number of halogens is 1. The molecule has 2 aromatic rings. The van der Waals surface area contributed by atoms with E-state index in [9.17, 15) is 4.79 Å². The van der Waals surface area contributed by atoms with Crippen LogP contribution in [0.1, 0.15) is 21.5 Å². The van der Waals surface area contributed by atoms with Crippen LogP contribution in [-0.4, -0.2) is 13.0 Å². The molecule has 0 saturated heterocycles. The summed E-state index contributed by atoms with van der Waals surface area (Å²) < 4.78 is 6.08. The molecule has 0 aliphatic carbocycles. The van der Waals surface area contributed by atoms with Gasteiger partial charge in [-0.1, -0.05) is 15.9 Å². The number of nitrogen functional groups attached to an aromatic ring is 1. The van der Waals surface area contributed by atoms with Gasteiger partial charge in [0.1, 0.15) is 5.75 Å². The smallest absolute Gasteiger partial charge is 0.255 e. The van der Waals surface area contributed by atoms with Crippen molar-refractivity contribution in [1.82, 2.24) is 0 Å². The average Bonchev–Trinajstić information content (AvgIpc) is 2.42. The van der Waals surface area contributed by atoms with E-state index in [-0.39, 0.29) is 5.91 Å². The van der Waals surface area contributed by atoms with Crippen LogP contribution >= 0.6 is 15.9 Å². The third kappa shape index (κ3) is 3.36. The highest BCUT2D eigenvalue weighted by atomic mass is 79.9. The summed E-state index contributed by atoms with van der Waals surface area (Å²) >= 11 is 3.44. The van der Waals surface area contributed by atoms with Crippen molar-refractivity contribution < 1.29 is 9.53 Å². The van der Waals surface area contributed by atoms with Crippen LogP contribution in [0, 0.1) is 13.8 Å². The highest BCUT2D eigenvalue weighted by Gasteiger charge is 2.12. The van der Waals surface area contributed by atoms with Gasteiger partial charge in [-0.2, -0.15) is 0 Å². The molecule has 3 N–H and O–H groups in total.